The third-order valence-electron chi connectivity index (χ3n) is 4.43. The first-order chi connectivity index (χ1) is 12.8. The van der Waals surface area contributed by atoms with Crippen LogP contribution in [-0.2, 0) is 9.47 Å². The lowest BCUT2D eigenvalue weighted by atomic mass is 10.2. The number of ether oxygens (including phenoxy) is 2. The maximum absolute atomic E-state index is 12.6. The highest BCUT2D eigenvalue weighted by Gasteiger charge is 2.30. The van der Waals surface area contributed by atoms with E-state index in [1.165, 1.54) is 4.90 Å². The number of carbonyl (C=O) groups excluding carboxylic acids is 2. The summed E-state index contributed by atoms with van der Waals surface area (Å²) < 4.78 is 10.8. The fraction of sp³-hybridized carbons (Fsp3) is 0.900. The minimum absolute atomic E-state index is 0.256. The summed E-state index contributed by atoms with van der Waals surface area (Å²) in [5.41, 5.74) is 0. The van der Waals surface area contributed by atoms with Gasteiger partial charge in [0.15, 0.2) is 0 Å². The van der Waals surface area contributed by atoms with E-state index in [4.69, 9.17) is 9.47 Å². The van der Waals surface area contributed by atoms with Crippen molar-refractivity contribution in [3.05, 3.63) is 0 Å². The van der Waals surface area contributed by atoms with Crippen molar-refractivity contribution in [2.45, 2.75) is 70.6 Å². The Hall–Kier alpha value is -0.400. The first-order valence-corrected chi connectivity index (χ1v) is 14.9. The van der Waals surface area contributed by atoms with Gasteiger partial charge in [-0.15, -0.1) is 15.8 Å². The molecule has 0 spiro atoms. The van der Waals surface area contributed by atoms with Crippen molar-refractivity contribution < 1.29 is 19.1 Å². The molecule has 0 saturated carbocycles. The molecule has 0 aliphatic rings. The number of rotatable bonds is 14. The molecule has 0 aliphatic carbocycles. The Morgan fingerprint density at radius 1 is 0.741 bits per heavy atom. The molecule has 0 fully saturated rings. The zero-order valence-electron chi connectivity index (χ0n) is 18.3. The van der Waals surface area contributed by atoms with Crippen LogP contribution in [0.1, 0.15) is 65.2 Å². The van der Waals surface area contributed by atoms with E-state index in [0.717, 1.165) is 51.4 Å². The van der Waals surface area contributed by atoms with Crippen molar-refractivity contribution in [1.82, 2.24) is 4.90 Å². The lowest BCUT2D eigenvalue weighted by Gasteiger charge is -2.30. The van der Waals surface area contributed by atoms with Crippen LogP contribution < -0.4 is 0 Å². The van der Waals surface area contributed by atoms with Gasteiger partial charge in [-0.3, -0.25) is 0 Å². The summed E-state index contributed by atoms with van der Waals surface area (Å²) in [7, 11) is -0.511. The van der Waals surface area contributed by atoms with E-state index in [1.54, 1.807) is 0 Å². The van der Waals surface area contributed by atoms with E-state index in [1.807, 2.05) is 0 Å². The molecule has 0 aromatic rings. The summed E-state index contributed by atoms with van der Waals surface area (Å²) in [4.78, 5) is 26.3. The predicted molar refractivity (Wildman–Crippen MR) is 119 cm³/mol. The molecule has 0 atom stereocenters. The van der Waals surface area contributed by atoms with Gasteiger partial charge in [0.1, 0.15) is 0 Å². The number of hydrogen-bond donors (Lipinski definition) is 0. The van der Waals surface area contributed by atoms with E-state index in [0.29, 0.717) is 25.2 Å². The molecule has 0 N–H and O–H groups in total. The zero-order chi connectivity index (χ0) is 20.7. The molecule has 0 radical (unpaired) electrons. The van der Waals surface area contributed by atoms with Crippen LogP contribution in [0.2, 0.25) is 0 Å². The third-order valence-corrected chi connectivity index (χ3v) is 9.91. The van der Waals surface area contributed by atoms with Gasteiger partial charge in [-0.1, -0.05) is 52.4 Å². The molecule has 0 aromatic heterocycles. The van der Waals surface area contributed by atoms with Crippen LogP contribution in [-0.4, -0.2) is 68.9 Å². The monoisotopic (exact) mass is 421 g/mol. The van der Waals surface area contributed by atoms with Crippen molar-refractivity contribution in [3.63, 3.8) is 0 Å². The minimum Gasteiger partial charge on any atom is -0.449 e. The maximum atomic E-state index is 12.6. The summed E-state index contributed by atoms with van der Waals surface area (Å²) in [5.74, 6) is 0. The van der Waals surface area contributed by atoms with Gasteiger partial charge in [0.2, 0.25) is 0 Å². The number of unbranched alkanes of at least 4 members (excludes halogenated alkanes) is 6. The van der Waals surface area contributed by atoms with E-state index in [-0.39, 0.29) is 15.8 Å². The van der Waals surface area contributed by atoms with Gasteiger partial charge in [-0.05, 0) is 39.5 Å². The minimum atomic E-state index is -0.552. The van der Waals surface area contributed by atoms with Gasteiger partial charge in [-0.25, -0.2) is 14.5 Å². The normalized spacial score (nSPS) is 11.3. The molecule has 0 aliphatic heterocycles. The Morgan fingerprint density at radius 3 is 1.48 bits per heavy atom. The Morgan fingerprint density at radius 2 is 1.15 bits per heavy atom. The van der Waals surface area contributed by atoms with Crippen LogP contribution in [0.4, 0.5) is 9.59 Å². The average Bonchev–Trinajstić information content (AvgIpc) is 2.61. The lowest BCUT2D eigenvalue weighted by Crippen LogP contribution is -2.42. The molecule has 0 rings (SSSR count). The van der Waals surface area contributed by atoms with Gasteiger partial charge < -0.3 is 9.47 Å². The Bertz CT molecular complexity index is 371. The Kier molecular flexibility index (Phi) is 16.3. The van der Waals surface area contributed by atoms with Crippen LogP contribution in [0, 0.1) is 0 Å². The first-order valence-electron chi connectivity index (χ1n) is 10.3. The summed E-state index contributed by atoms with van der Waals surface area (Å²) in [5, 5.41) is 0.343. The van der Waals surface area contributed by atoms with Crippen molar-refractivity contribution in [2.75, 3.05) is 46.4 Å². The highest BCUT2D eigenvalue weighted by Crippen LogP contribution is 2.50. The van der Waals surface area contributed by atoms with Crippen molar-refractivity contribution in [3.8, 4) is 0 Å². The van der Waals surface area contributed by atoms with Crippen LogP contribution in [0.5, 0.6) is 0 Å². The Balaban J connectivity index is 4.76. The van der Waals surface area contributed by atoms with Gasteiger partial charge in [0.25, 0.3) is 0 Å². The average molecular weight is 421 g/mol. The van der Waals surface area contributed by atoms with Gasteiger partial charge in [0.05, 0.1) is 13.2 Å². The maximum Gasteiger partial charge on any atom is 0.419 e. The molecule has 2 amide bonds. The molecule has 27 heavy (non-hydrogen) atoms. The number of amides is 2. The summed E-state index contributed by atoms with van der Waals surface area (Å²) in [6.07, 6.45) is 7.20. The molecule has 0 bridgehead atoms. The topological polar surface area (TPSA) is 55.8 Å². The number of hydrogen-bond acceptors (Lipinski definition) is 4. The highest BCUT2D eigenvalue weighted by molar-refractivity contribution is 7.74. The summed E-state index contributed by atoms with van der Waals surface area (Å²) in [6.45, 7) is 14.2. The summed E-state index contributed by atoms with van der Waals surface area (Å²) >= 11 is 0. The third kappa shape index (κ3) is 12.6. The quantitative estimate of drug-likeness (QED) is 0.236. The smallest absolute Gasteiger partial charge is 0.419 e. The van der Waals surface area contributed by atoms with Gasteiger partial charge in [0, 0.05) is 11.9 Å². The van der Waals surface area contributed by atoms with Crippen molar-refractivity contribution >= 4 is 28.0 Å². The molecule has 5 nitrogen and oxygen atoms in total. The predicted octanol–water partition coefficient (Wildman–Crippen LogP) is 6.53. The number of carbonyl (C=O) groups is 2. The number of imide groups is 1. The fourth-order valence-corrected chi connectivity index (χ4v) is 7.38. The molecule has 0 aromatic carbocycles. The van der Waals surface area contributed by atoms with Gasteiger partial charge >= 0.3 is 12.2 Å². The van der Waals surface area contributed by atoms with Crippen LogP contribution in [0.3, 0.4) is 0 Å². The highest BCUT2D eigenvalue weighted by atomic mass is 31.2. The molecule has 160 valence electrons. The second-order valence-corrected chi connectivity index (χ2v) is 12.9. The molecule has 7 heteroatoms. The molecular weight excluding hydrogens is 380 g/mol. The molecule has 0 heterocycles. The fourth-order valence-electron chi connectivity index (χ4n) is 2.71. The van der Waals surface area contributed by atoms with E-state index >= 15 is 0 Å². The largest absolute Gasteiger partial charge is 0.449 e. The Labute approximate surface area is 169 Å². The van der Waals surface area contributed by atoms with Crippen molar-refractivity contribution in [1.29, 1.82) is 0 Å². The van der Waals surface area contributed by atoms with E-state index in [2.05, 4.69) is 40.5 Å². The van der Waals surface area contributed by atoms with Crippen molar-refractivity contribution in [2.24, 2.45) is 0 Å². The second kappa shape index (κ2) is 16.5. The summed E-state index contributed by atoms with van der Waals surface area (Å²) in [6, 6.07) is 0. The lowest BCUT2D eigenvalue weighted by molar-refractivity contribution is 0.0762. The van der Waals surface area contributed by atoms with E-state index in [9.17, 15) is 9.59 Å². The van der Waals surface area contributed by atoms with Crippen LogP contribution in [0.25, 0.3) is 0 Å². The van der Waals surface area contributed by atoms with Gasteiger partial charge in [-0.2, -0.15) is 0 Å². The second-order valence-electron chi connectivity index (χ2n) is 7.37. The standard InChI is InChI=1S/C20H41NO4P2/c1-7-9-11-13-15-24-19(22)21(17-18(26(3)4)27(5)6)20(23)25-16-14-12-10-8-2/h18H,7-17H2,1-6H3. The SMILES string of the molecule is CCCCCCOC(=O)N(CC(P(C)C)P(C)C)C(=O)OCCCCCC. The van der Waals surface area contributed by atoms with E-state index < -0.39 is 12.2 Å². The first kappa shape index (κ1) is 26.6. The van der Waals surface area contributed by atoms with Crippen LogP contribution >= 0.6 is 15.8 Å². The van der Waals surface area contributed by atoms with Crippen LogP contribution in [0.15, 0.2) is 0 Å². The molecular formula is C20H41NO4P2. The zero-order valence-corrected chi connectivity index (χ0v) is 20.1. The molecule has 0 unspecified atom stereocenters. The molecule has 0 saturated heterocycles. The number of nitrogens with zero attached hydrogens (tertiary/aromatic N) is 1.